The summed E-state index contributed by atoms with van der Waals surface area (Å²) in [6.45, 7) is 5.16. The summed E-state index contributed by atoms with van der Waals surface area (Å²) in [7, 11) is 0. The van der Waals surface area contributed by atoms with Crippen LogP contribution >= 0.6 is 11.3 Å². The standard InChI is InChI=1S/C22H22FN3OS/c1-3-24-22-20(15(2)23)21(25-26(22)16-9-7-8-10-16)19-13-18(14-28-19)27-17-11-5-4-6-12-17/h3-6,11-14,16H,1,7-10H2,2H3/b20-15+,24-22?. The third-order valence-corrected chi connectivity index (χ3v) is 5.82. The average Bonchev–Trinajstić information content (AvgIpc) is 3.42. The van der Waals surface area contributed by atoms with E-state index in [1.54, 1.807) is 0 Å². The smallest absolute Gasteiger partial charge is 0.161 e. The topological polar surface area (TPSA) is 37.2 Å². The van der Waals surface area contributed by atoms with Gasteiger partial charge in [0.25, 0.3) is 0 Å². The van der Waals surface area contributed by atoms with Crippen molar-refractivity contribution in [2.45, 2.75) is 38.6 Å². The molecule has 0 amide bonds. The molecule has 0 radical (unpaired) electrons. The zero-order valence-electron chi connectivity index (χ0n) is 15.8. The molecule has 6 heteroatoms. The maximum absolute atomic E-state index is 14.6. The summed E-state index contributed by atoms with van der Waals surface area (Å²) < 4.78 is 20.5. The normalized spacial score (nSPS) is 20.6. The molecule has 1 saturated carbocycles. The summed E-state index contributed by atoms with van der Waals surface area (Å²) in [5.41, 5.74) is 1.06. The lowest BCUT2D eigenvalue weighted by Gasteiger charge is -2.22. The predicted octanol–water partition coefficient (Wildman–Crippen LogP) is 6.29. The van der Waals surface area contributed by atoms with Crippen molar-refractivity contribution in [2.24, 2.45) is 10.1 Å². The Balaban J connectivity index is 1.69. The van der Waals surface area contributed by atoms with Crippen LogP contribution in [-0.2, 0) is 0 Å². The van der Waals surface area contributed by atoms with Gasteiger partial charge in [0.2, 0.25) is 0 Å². The number of benzene rings is 1. The van der Waals surface area contributed by atoms with Gasteiger partial charge < -0.3 is 4.74 Å². The van der Waals surface area contributed by atoms with Crippen molar-refractivity contribution < 1.29 is 9.13 Å². The Hall–Kier alpha value is -2.73. The molecule has 2 aromatic rings. The fourth-order valence-corrected chi connectivity index (χ4v) is 4.45. The summed E-state index contributed by atoms with van der Waals surface area (Å²) in [4.78, 5) is 5.23. The van der Waals surface area contributed by atoms with Crippen LogP contribution in [0.5, 0.6) is 11.5 Å². The minimum atomic E-state index is -0.293. The first-order chi connectivity index (χ1) is 13.7. The van der Waals surface area contributed by atoms with E-state index in [0.717, 1.165) is 36.3 Å². The molecule has 0 unspecified atom stereocenters. The van der Waals surface area contributed by atoms with E-state index in [-0.39, 0.29) is 11.9 Å². The van der Waals surface area contributed by atoms with Crippen LogP contribution in [0.2, 0.25) is 0 Å². The van der Waals surface area contributed by atoms with E-state index >= 15 is 0 Å². The maximum Gasteiger partial charge on any atom is 0.161 e. The van der Waals surface area contributed by atoms with Crippen LogP contribution in [0.1, 0.15) is 37.5 Å². The molecule has 0 saturated heterocycles. The van der Waals surface area contributed by atoms with Gasteiger partial charge in [0, 0.05) is 17.6 Å². The molecule has 0 atom stereocenters. The number of hydrogen-bond donors (Lipinski definition) is 0. The number of thiophene rings is 1. The Bertz CT molecular complexity index is 951. The van der Waals surface area contributed by atoms with Gasteiger partial charge in [-0.2, -0.15) is 5.10 Å². The Kier molecular flexibility index (Phi) is 5.39. The third-order valence-electron chi connectivity index (χ3n) is 4.90. The third kappa shape index (κ3) is 3.64. The number of halogens is 1. The van der Waals surface area contributed by atoms with E-state index in [0.29, 0.717) is 22.9 Å². The minimum Gasteiger partial charge on any atom is -0.456 e. The van der Waals surface area contributed by atoms with Crippen molar-refractivity contribution in [1.29, 1.82) is 0 Å². The number of aliphatic imine (C=N–C) groups is 1. The molecule has 2 heterocycles. The summed E-state index contributed by atoms with van der Waals surface area (Å²) in [5.74, 6) is 1.74. The highest BCUT2D eigenvalue weighted by Gasteiger charge is 2.36. The number of allylic oxidation sites excluding steroid dienone is 1. The van der Waals surface area contributed by atoms with Crippen LogP contribution in [-0.4, -0.2) is 22.6 Å². The Morgan fingerprint density at radius 1 is 1.29 bits per heavy atom. The highest BCUT2D eigenvalue weighted by Crippen LogP contribution is 2.35. The number of hydrogen-bond acceptors (Lipinski definition) is 4. The number of ether oxygens (including phenoxy) is 1. The SMILES string of the molecule is C=CN=C1/C(=C(\C)F)C(c2cc(Oc3ccccc3)cs2)=NN1C1CCCC1. The molecule has 1 aliphatic carbocycles. The lowest BCUT2D eigenvalue weighted by molar-refractivity contribution is 0.337. The van der Waals surface area contributed by atoms with Crippen LogP contribution in [0.3, 0.4) is 0 Å². The van der Waals surface area contributed by atoms with Gasteiger partial charge in [0.1, 0.15) is 23.0 Å². The van der Waals surface area contributed by atoms with Crippen LogP contribution in [0, 0.1) is 0 Å². The van der Waals surface area contributed by atoms with Gasteiger partial charge in [-0.15, -0.1) is 11.3 Å². The fraction of sp³-hybridized carbons (Fsp3) is 0.273. The van der Waals surface area contributed by atoms with Crippen molar-refractivity contribution in [2.75, 3.05) is 0 Å². The van der Waals surface area contributed by atoms with Gasteiger partial charge in [0.15, 0.2) is 5.84 Å². The van der Waals surface area contributed by atoms with Crippen molar-refractivity contribution >= 4 is 22.9 Å². The molecule has 0 spiro atoms. The molecule has 1 aromatic heterocycles. The largest absolute Gasteiger partial charge is 0.456 e. The van der Waals surface area contributed by atoms with Gasteiger partial charge >= 0.3 is 0 Å². The molecular formula is C22H22FN3OS. The molecule has 4 nitrogen and oxygen atoms in total. The van der Waals surface area contributed by atoms with Gasteiger partial charge in [-0.25, -0.2) is 14.4 Å². The second kappa shape index (κ2) is 8.10. The number of nitrogens with zero attached hydrogens (tertiary/aromatic N) is 3. The highest BCUT2D eigenvalue weighted by molar-refractivity contribution is 7.12. The molecule has 0 N–H and O–H groups in total. The molecular weight excluding hydrogens is 373 g/mol. The van der Waals surface area contributed by atoms with E-state index in [2.05, 4.69) is 11.6 Å². The number of rotatable bonds is 5. The molecule has 2 aliphatic rings. The van der Waals surface area contributed by atoms with Crippen LogP contribution in [0.15, 0.2) is 76.1 Å². The van der Waals surface area contributed by atoms with Crippen LogP contribution < -0.4 is 4.74 Å². The van der Waals surface area contributed by atoms with Gasteiger partial charge in [-0.3, -0.25) is 0 Å². The van der Waals surface area contributed by atoms with E-state index in [1.165, 1.54) is 24.5 Å². The lowest BCUT2D eigenvalue weighted by atomic mass is 10.1. The van der Waals surface area contributed by atoms with Crippen LogP contribution in [0.4, 0.5) is 4.39 Å². The summed E-state index contributed by atoms with van der Waals surface area (Å²) >= 11 is 1.49. The van der Waals surface area contributed by atoms with E-state index in [4.69, 9.17) is 9.84 Å². The number of hydrazone groups is 1. The quantitative estimate of drug-likeness (QED) is 0.597. The Morgan fingerprint density at radius 2 is 2.04 bits per heavy atom. The van der Waals surface area contributed by atoms with E-state index in [1.807, 2.05) is 46.8 Å². The Labute approximate surface area is 168 Å². The zero-order chi connectivity index (χ0) is 19.5. The summed E-state index contributed by atoms with van der Waals surface area (Å²) in [6, 6.07) is 11.8. The fourth-order valence-electron chi connectivity index (χ4n) is 3.65. The molecule has 28 heavy (non-hydrogen) atoms. The van der Waals surface area contributed by atoms with E-state index in [9.17, 15) is 4.39 Å². The summed E-state index contributed by atoms with van der Waals surface area (Å²) in [5, 5.41) is 8.60. The first-order valence-electron chi connectivity index (χ1n) is 9.43. The van der Waals surface area contributed by atoms with Gasteiger partial charge in [-0.05, 0) is 31.9 Å². The lowest BCUT2D eigenvalue weighted by Crippen LogP contribution is -2.31. The van der Waals surface area contributed by atoms with Crippen molar-refractivity contribution in [3.63, 3.8) is 0 Å². The highest BCUT2D eigenvalue weighted by atomic mass is 32.1. The van der Waals surface area contributed by atoms with Gasteiger partial charge in [0.05, 0.1) is 16.5 Å². The van der Waals surface area contributed by atoms with Crippen molar-refractivity contribution in [3.05, 3.63) is 70.8 Å². The molecule has 1 fully saturated rings. The molecule has 0 bridgehead atoms. The predicted molar refractivity (Wildman–Crippen MR) is 113 cm³/mol. The monoisotopic (exact) mass is 395 g/mol. The molecule has 1 aliphatic heterocycles. The molecule has 4 rings (SSSR count). The van der Waals surface area contributed by atoms with Crippen molar-refractivity contribution in [1.82, 2.24) is 5.01 Å². The minimum absolute atomic E-state index is 0.255. The summed E-state index contributed by atoms with van der Waals surface area (Å²) in [6.07, 6.45) is 5.86. The second-order valence-corrected chi connectivity index (χ2v) is 7.75. The molecule has 1 aromatic carbocycles. The van der Waals surface area contributed by atoms with Crippen LogP contribution in [0.25, 0.3) is 0 Å². The van der Waals surface area contributed by atoms with E-state index < -0.39 is 0 Å². The zero-order valence-corrected chi connectivity index (χ0v) is 16.6. The first kappa shape index (κ1) is 18.6. The number of para-hydroxylation sites is 1. The average molecular weight is 396 g/mol. The molecule has 144 valence electrons. The van der Waals surface area contributed by atoms with Gasteiger partial charge in [-0.1, -0.05) is 37.6 Å². The maximum atomic E-state index is 14.6. The Morgan fingerprint density at radius 3 is 2.71 bits per heavy atom. The first-order valence-corrected chi connectivity index (χ1v) is 10.3. The van der Waals surface area contributed by atoms with Crippen molar-refractivity contribution in [3.8, 4) is 11.5 Å². The second-order valence-electron chi connectivity index (χ2n) is 6.84. The number of amidine groups is 1.